The second kappa shape index (κ2) is 4.56. The highest BCUT2D eigenvalue weighted by Gasteiger charge is 2.16. The Hall–Kier alpha value is -2.88. The van der Waals surface area contributed by atoms with Gasteiger partial charge in [0.05, 0.1) is 11.4 Å². The predicted molar refractivity (Wildman–Crippen MR) is 88.6 cm³/mol. The van der Waals surface area contributed by atoms with Crippen molar-refractivity contribution in [2.45, 2.75) is 6.92 Å². The summed E-state index contributed by atoms with van der Waals surface area (Å²) in [6, 6.07) is 17.6. The maximum atomic E-state index is 12.7. The maximum absolute atomic E-state index is 12.7. The number of aromatic nitrogens is 3. The van der Waals surface area contributed by atoms with Crippen LogP contribution < -0.4 is 5.56 Å². The van der Waals surface area contributed by atoms with Crippen LogP contribution in [-0.4, -0.2) is 14.3 Å². The molecule has 0 bridgehead atoms. The summed E-state index contributed by atoms with van der Waals surface area (Å²) in [4.78, 5) is 12.7. The fraction of sp³-hybridized carbons (Fsp3) is 0.111. The number of nitrogens with zero attached hydrogens (tertiary/aromatic N) is 3. The molecule has 0 aliphatic heterocycles. The first-order valence-electron chi connectivity index (χ1n) is 7.21. The zero-order valence-electron chi connectivity index (χ0n) is 12.4. The Morgan fingerprint density at radius 3 is 2.27 bits per heavy atom. The van der Waals surface area contributed by atoms with E-state index >= 15 is 0 Å². The first kappa shape index (κ1) is 12.8. The van der Waals surface area contributed by atoms with Crippen molar-refractivity contribution in [1.82, 2.24) is 14.3 Å². The van der Waals surface area contributed by atoms with E-state index < -0.39 is 0 Å². The van der Waals surface area contributed by atoms with Crippen LogP contribution >= 0.6 is 0 Å². The van der Waals surface area contributed by atoms with Gasteiger partial charge in [0.2, 0.25) is 0 Å². The SMILES string of the molecule is Cc1nn(-c2ccccc2)c2c1c1ccccc1c(=O)n2C. The van der Waals surface area contributed by atoms with E-state index in [1.807, 2.05) is 66.2 Å². The number of rotatable bonds is 1. The van der Waals surface area contributed by atoms with Gasteiger partial charge >= 0.3 is 0 Å². The van der Waals surface area contributed by atoms with Gasteiger partial charge in [0.25, 0.3) is 5.56 Å². The fourth-order valence-electron chi connectivity index (χ4n) is 3.05. The normalized spacial score (nSPS) is 11.4. The molecule has 0 atom stereocenters. The largest absolute Gasteiger partial charge is 0.295 e. The molecule has 0 fully saturated rings. The monoisotopic (exact) mass is 289 g/mol. The van der Waals surface area contributed by atoms with E-state index in [-0.39, 0.29) is 5.56 Å². The van der Waals surface area contributed by atoms with Crippen LogP contribution in [0.5, 0.6) is 0 Å². The Morgan fingerprint density at radius 1 is 0.909 bits per heavy atom. The van der Waals surface area contributed by atoms with E-state index in [0.717, 1.165) is 33.2 Å². The van der Waals surface area contributed by atoms with Gasteiger partial charge in [0.1, 0.15) is 5.65 Å². The molecular weight excluding hydrogens is 274 g/mol. The maximum Gasteiger partial charge on any atom is 0.259 e. The van der Waals surface area contributed by atoms with Crippen LogP contribution in [0.4, 0.5) is 0 Å². The summed E-state index contributed by atoms with van der Waals surface area (Å²) in [6.07, 6.45) is 0. The number of hydrogen-bond donors (Lipinski definition) is 0. The molecule has 4 nitrogen and oxygen atoms in total. The number of para-hydroxylation sites is 1. The third-order valence-corrected chi connectivity index (χ3v) is 4.09. The van der Waals surface area contributed by atoms with Crippen molar-refractivity contribution in [2.24, 2.45) is 7.05 Å². The summed E-state index contributed by atoms with van der Waals surface area (Å²) in [5.74, 6) is 0. The minimum Gasteiger partial charge on any atom is -0.295 e. The van der Waals surface area contributed by atoms with Gasteiger partial charge in [-0.3, -0.25) is 9.36 Å². The highest BCUT2D eigenvalue weighted by Crippen LogP contribution is 2.27. The average Bonchev–Trinajstić information content (AvgIpc) is 2.91. The van der Waals surface area contributed by atoms with Gasteiger partial charge in [0.15, 0.2) is 0 Å². The molecule has 0 amide bonds. The zero-order chi connectivity index (χ0) is 15.3. The molecule has 0 N–H and O–H groups in total. The highest BCUT2D eigenvalue weighted by molar-refractivity contribution is 6.06. The van der Waals surface area contributed by atoms with Gasteiger partial charge in [0, 0.05) is 23.2 Å². The van der Waals surface area contributed by atoms with Crippen LogP contribution in [0.3, 0.4) is 0 Å². The topological polar surface area (TPSA) is 39.8 Å². The van der Waals surface area contributed by atoms with E-state index in [0.29, 0.717) is 0 Å². The Morgan fingerprint density at radius 2 is 1.55 bits per heavy atom. The van der Waals surface area contributed by atoms with E-state index in [1.54, 1.807) is 11.6 Å². The molecule has 0 spiro atoms. The number of aryl methyl sites for hydroxylation is 2. The molecule has 0 saturated heterocycles. The fourth-order valence-corrected chi connectivity index (χ4v) is 3.05. The summed E-state index contributed by atoms with van der Waals surface area (Å²) in [7, 11) is 1.80. The lowest BCUT2D eigenvalue weighted by Crippen LogP contribution is -2.19. The quantitative estimate of drug-likeness (QED) is 0.540. The molecule has 0 radical (unpaired) electrons. The average molecular weight is 289 g/mol. The molecule has 4 aromatic rings. The molecule has 2 aromatic carbocycles. The third-order valence-electron chi connectivity index (χ3n) is 4.09. The van der Waals surface area contributed by atoms with Crippen LogP contribution in [-0.2, 0) is 7.05 Å². The summed E-state index contributed by atoms with van der Waals surface area (Å²) in [5, 5.41) is 7.39. The van der Waals surface area contributed by atoms with Gasteiger partial charge in [-0.05, 0) is 25.1 Å². The number of fused-ring (bicyclic) bond motifs is 3. The standard InChI is InChI=1S/C18H15N3O/c1-12-16-14-10-6-7-11-15(14)18(22)20(2)17(16)21(19-12)13-8-4-3-5-9-13/h3-11H,1-2H3. The lowest BCUT2D eigenvalue weighted by atomic mass is 10.1. The predicted octanol–water partition coefficient (Wildman–Crippen LogP) is 3.19. The third kappa shape index (κ3) is 1.64. The minimum atomic E-state index is 0.000168. The van der Waals surface area contributed by atoms with Crippen molar-refractivity contribution in [3.05, 3.63) is 70.6 Å². The number of benzene rings is 2. The van der Waals surface area contributed by atoms with Crippen LogP contribution in [0.15, 0.2) is 59.4 Å². The van der Waals surface area contributed by atoms with Crippen LogP contribution in [0.25, 0.3) is 27.5 Å². The van der Waals surface area contributed by atoms with Crippen LogP contribution in [0, 0.1) is 6.92 Å². The first-order valence-corrected chi connectivity index (χ1v) is 7.21. The lowest BCUT2D eigenvalue weighted by molar-refractivity contribution is 0.816. The summed E-state index contributed by atoms with van der Waals surface area (Å²) in [5.41, 5.74) is 2.70. The Kier molecular flexibility index (Phi) is 2.66. The molecule has 0 unspecified atom stereocenters. The Balaban J connectivity index is 2.26. The summed E-state index contributed by atoms with van der Waals surface area (Å²) >= 11 is 0. The van der Waals surface area contributed by atoms with Crippen molar-refractivity contribution >= 4 is 21.8 Å². The van der Waals surface area contributed by atoms with E-state index in [4.69, 9.17) is 0 Å². The van der Waals surface area contributed by atoms with Crippen molar-refractivity contribution in [3.8, 4) is 5.69 Å². The van der Waals surface area contributed by atoms with Crippen molar-refractivity contribution in [2.75, 3.05) is 0 Å². The Bertz CT molecular complexity index is 1060. The summed E-state index contributed by atoms with van der Waals surface area (Å²) < 4.78 is 3.53. The molecule has 2 aromatic heterocycles. The number of pyridine rings is 1. The second-order valence-corrected chi connectivity index (χ2v) is 5.44. The lowest BCUT2D eigenvalue weighted by Gasteiger charge is -2.09. The molecule has 0 aliphatic rings. The molecule has 108 valence electrons. The van der Waals surface area contributed by atoms with Gasteiger partial charge in [-0.1, -0.05) is 36.4 Å². The van der Waals surface area contributed by atoms with E-state index in [9.17, 15) is 4.79 Å². The molecule has 4 heteroatoms. The molecule has 22 heavy (non-hydrogen) atoms. The van der Waals surface area contributed by atoms with Crippen molar-refractivity contribution < 1.29 is 0 Å². The van der Waals surface area contributed by atoms with E-state index in [1.165, 1.54) is 0 Å². The van der Waals surface area contributed by atoms with Crippen LogP contribution in [0.2, 0.25) is 0 Å². The van der Waals surface area contributed by atoms with Crippen molar-refractivity contribution in [1.29, 1.82) is 0 Å². The van der Waals surface area contributed by atoms with Crippen molar-refractivity contribution in [3.63, 3.8) is 0 Å². The van der Waals surface area contributed by atoms with Crippen LogP contribution in [0.1, 0.15) is 5.69 Å². The number of hydrogen-bond acceptors (Lipinski definition) is 2. The molecule has 0 saturated carbocycles. The molecule has 0 aliphatic carbocycles. The summed E-state index contributed by atoms with van der Waals surface area (Å²) in [6.45, 7) is 1.98. The van der Waals surface area contributed by atoms with E-state index in [2.05, 4.69) is 5.10 Å². The highest BCUT2D eigenvalue weighted by atomic mass is 16.1. The first-order chi connectivity index (χ1) is 10.7. The van der Waals surface area contributed by atoms with Gasteiger partial charge in [-0.2, -0.15) is 5.10 Å². The second-order valence-electron chi connectivity index (χ2n) is 5.44. The van der Waals surface area contributed by atoms with Gasteiger partial charge < -0.3 is 0 Å². The minimum absolute atomic E-state index is 0.000168. The molecular formula is C18H15N3O. The molecule has 4 rings (SSSR count). The molecule has 2 heterocycles. The van der Waals surface area contributed by atoms with Gasteiger partial charge in [-0.15, -0.1) is 0 Å². The van der Waals surface area contributed by atoms with Gasteiger partial charge in [-0.25, -0.2) is 4.68 Å². The Labute approximate surface area is 127 Å². The zero-order valence-corrected chi connectivity index (χ0v) is 12.4. The smallest absolute Gasteiger partial charge is 0.259 e.